The minimum Gasteiger partial charge on any atom is -0.307 e. The molecule has 0 bridgehead atoms. The van der Waals surface area contributed by atoms with Crippen LogP contribution in [0.1, 0.15) is 51.3 Å². The Labute approximate surface area is 122 Å². The molecule has 0 saturated heterocycles. The molecule has 1 aliphatic carbocycles. The summed E-state index contributed by atoms with van der Waals surface area (Å²) in [5, 5.41) is 11.9. The summed E-state index contributed by atoms with van der Waals surface area (Å²) in [5.41, 5.74) is 1.35. The van der Waals surface area contributed by atoms with Crippen LogP contribution in [0, 0.1) is 5.92 Å². The summed E-state index contributed by atoms with van der Waals surface area (Å²) in [4.78, 5) is 2.42. The zero-order chi connectivity index (χ0) is 14.8. The highest BCUT2D eigenvalue weighted by Gasteiger charge is 2.45. The fourth-order valence-electron chi connectivity index (χ4n) is 3.82. The molecule has 1 aliphatic rings. The first kappa shape index (κ1) is 15.4. The zero-order valence-corrected chi connectivity index (χ0v) is 13.6. The predicted octanol–water partition coefficient (Wildman–Crippen LogP) is 1.98. The predicted molar refractivity (Wildman–Crippen MR) is 81.5 cm³/mol. The minimum absolute atomic E-state index is 0.156. The van der Waals surface area contributed by atoms with Gasteiger partial charge >= 0.3 is 0 Å². The lowest BCUT2D eigenvalue weighted by molar-refractivity contribution is 0.0345. The van der Waals surface area contributed by atoms with Gasteiger partial charge in [-0.15, -0.1) is 5.10 Å². The number of rotatable bonds is 5. The number of hydrogen-bond donors (Lipinski definition) is 1. The molecule has 5 nitrogen and oxygen atoms in total. The van der Waals surface area contributed by atoms with Crippen LogP contribution in [0.2, 0.25) is 0 Å². The van der Waals surface area contributed by atoms with E-state index < -0.39 is 0 Å². The van der Waals surface area contributed by atoms with Gasteiger partial charge in [0, 0.05) is 12.6 Å². The Balaban J connectivity index is 2.40. The first-order valence-corrected chi connectivity index (χ1v) is 7.76. The van der Waals surface area contributed by atoms with Crippen molar-refractivity contribution in [3.63, 3.8) is 0 Å². The smallest absolute Gasteiger partial charge is 0.0772 e. The van der Waals surface area contributed by atoms with E-state index in [4.69, 9.17) is 0 Å². The van der Waals surface area contributed by atoms with Crippen molar-refractivity contribution in [3.8, 4) is 0 Å². The third-order valence-electron chi connectivity index (χ3n) is 4.89. The molecule has 1 fully saturated rings. The average molecular weight is 279 g/mol. The SMILES string of the molecule is CCNC(c1cnnn1C)C1(N(C)C)CCCC(C)C1. The Morgan fingerprint density at radius 3 is 2.80 bits per heavy atom. The van der Waals surface area contributed by atoms with Crippen molar-refractivity contribution < 1.29 is 0 Å². The lowest BCUT2D eigenvalue weighted by atomic mass is 9.70. The van der Waals surface area contributed by atoms with Gasteiger partial charge < -0.3 is 10.2 Å². The Morgan fingerprint density at radius 1 is 1.55 bits per heavy atom. The average Bonchev–Trinajstić information content (AvgIpc) is 2.81. The van der Waals surface area contributed by atoms with Gasteiger partial charge in [0.15, 0.2) is 0 Å². The number of aryl methyl sites for hydroxylation is 1. The second-order valence-electron chi connectivity index (χ2n) is 6.47. The van der Waals surface area contributed by atoms with E-state index in [9.17, 15) is 0 Å². The van der Waals surface area contributed by atoms with E-state index in [1.165, 1.54) is 31.4 Å². The first-order chi connectivity index (χ1) is 9.51. The van der Waals surface area contributed by atoms with E-state index in [1.807, 2.05) is 17.9 Å². The van der Waals surface area contributed by atoms with Crippen LogP contribution in [-0.4, -0.2) is 46.1 Å². The molecule has 0 aromatic carbocycles. The third-order valence-corrected chi connectivity index (χ3v) is 4.89. The lowest BCUT2D eigenvalue weighted by Gasteiger charge is -2.50. The van der Waals surface area contributed by atoms with Crippen molar-refractivity contribution in [1.82, 2.24) is 25.2 Å². The maximum Gasteiger partial charge on any atom is 0.0772 e. The Morgan fingerprint density at radius 2 is 2.30 bits per heavy atom. The molecule has 20 heavy (non-hydrogen) atoms. The number of likely N-dealkylation sites (N-methyl/N-ethyl adjacent to an activating group) is 2. The van der Waals surface area contributed by atoms with Gasteiger partial charge in [-0.3, -0.25) is 4.68 Å². The summed E-state index contributed by atoms with van der Waals surface area (Å²) in [7, 11) is 6.42. The van der Waals surface area contributed by atoms with Crippen LogP contribution < -0.4 is 5.32 Å². The zero-order valence-electron chi connectivity index (χ0n) is 13.6. The van der Waals surface area contributed by atoms with Crippen LogP contribution in [0.4, 0.5) is 0 Å². The highest BCUT2D eigenvalue weighted by molar-refractivity contribution is 5.14. The van der Waals surface area contributed by atoms with Gasteiger partial charge in [0.2, 0.25) is 0 Å². The van der Waals surface area contributed by atoms with Crippen molar-refractivity contribution >= 4 is 0 Å². The van der Waals surface area contributed by atoms with E-state index in [0.717, 1.165) is 12.5 Å². The standard InChI is InChI=1S/C15H29N5/c1-6-16-14(13-11-17-18-20(13)5)15(19(3)4)9-7-8-12(2)10-15/h11-12,14,16H,6-10H2,1-5H3. The molecule has 0 spiro atoms. The van der Waals surface area contributed by atoms with Crippen LogP contribution in [0.5, 0.6) is 0 Å². The van der Waals surface area contributed by atoms with Gasteiger partial charge in [-0.1, -0.05) is 31.9 Å². The van der Waals surface area contributed by atoms with E-state index in [1.54, 1.807) is 0 Å². The van der Waals surface area contributed by atoms with Crippen LogP contribution in [0.15, 0.2) is 6.20 Å². The van der Waals surface area contributed by atoms with Crippen LogP contribution in [0.25, 0.3) is 0 Å². The van der Waals surface area contributed by atoms with Crippen molar-refractivity contribution in [2.75, 3.05) is 20.6 Å². The lowest BCUT2D eigenvalue weighted by Crippen LogP contribution is -2.56. The minimum atomic E-state index is 0.156. The van der Waals surface area contributed by atoms with Gasteiger partial charge in [-0.25, -0.2) is 0 Å². The Kier molecular flexibility index (Phi) is 4.81. The number of hydrogen-bond acceptors (Lipinski definition) is 4. The van der Waals surface area contributed by atoms with E-state index >= 15 is 0 Å². The van der Waals surface area contributed by atoms with Crippen LogP contribution in [-0.2, 0) is 7.05 Å². The molecule has 3 atom stereocenters. The summed E-state index contributed by atoms with van der Waals surface area (Å²) in [6, 6.07) is 0.283. The quantitative estimate of drug-likeness (QED) is 0.895. The Bertz CT molecular complexity index is 428. The van der Waals surface area contributed by atoms with Crippen molar-refractivity contribution in [3.05, 3.63) is 11.9 Å². The van der Waals surface area contributed by atoms with E-state index in [2.05, 4.69) is 48.5 Å². The molecule has 5 heteroatoms. The monoisotopic (exact) mass is 279 g/mol. The second-order valence-corrected chi connectivity index (χ2v) is 6.47. The van der Waals surface area contributed by atoms with Crippen LogP contribution in [0.3, 0.4) is 0 Å². The van der Waals surface area contributed by atoms with Crippen molar-refractivity contribution in [1.29, 1.82) is 0 Å². The fraction of sp³-hybridized carbons (Fsp3) is 0.867. The molecule has 1 heterocycles. The van der Waals surface area contributed by atoms with Gasteiger partial charge in [-0.05, 0) is 39.4 Å². The molecule has 114 valence electrons. The number of nitrogens with one attached hydrogen (secondary N) is 1. The van der Waals surface area contributed by atoms with Gasteiger partial charge in [-0.2, -0.15) is 0 Å². The highest BCUT2D eigenvalue weighted by atomic mass is 15.4. The highest BCUT2D eigenvalue weighted by Crippen LogP contribution is 2.43. The van der Waals surface area contributed by atoms with Gasteiger partial charge in [0.25, 0.3) is 0 Å². The number of nitrogens with zero attached hydrogens (tertiary/aromatic N) is 4. The summed E-state index contributed by atoms with van der Waals surface area (Å²) in [5.74, 6) is 0.772. The molecule has 3 unspecified atom stereocenters. The molecule has 1 aromatic rings. The fourth-order valence-corrected chi connectivity index (χ4v) is 3.82. The third kappa shape index (κ3) is 2.74. The summed E-state index contributed by atoms with van der Waals surface area (Å²) < 4.78 is 1.91. The van der Waals surface area contributed by atoms with Crippen molar-refractivity contribution in [2.24, 2.45) is 13.0 Å². The molecule has 1 aromatic heterocycles. The van der Waals surface area contributed by atoms with Gasteiger partial charge in [0.1, 0.15) is 0 Å². The molecular weight excluding hydrogens is 250 g/mol. The largest absolute Gasteiger partial charge is 0.307 e. The summed E-state index contributed by atoms with van der Waals surface area (Å²) in [6.45, 7) is 5.51. The topological polar surface area (TPSA) is 46.0 Å². The maximum absolute atomic E-state index is 4.13. The summed E-state index contributed by atoms with van der Waals surface area (Å²) >= 11 is 0. The van der Waals surface area contributed by atoms with Crippen LogP contribution >= 0.6 is 0 Å². The van der Waals surface area contributed by atoms with Crippen molar-refractivity contribution in [2.45, 2.75) is 51.1 Å². The van der Waals surface area contributed by atoms with E-state index in [0.29, 0.717) is 0 Å². The molecule has 2 rings (SSSR count). The molecule has 1 saturated carbocycles. The molecule has 1 N–H and O–H groups in total. The molecule has 0 aliphatic heterocycles. The molecular formula is C15H29N5. The molecule has 0 radical (unpaired) electrons. The number of aromatic nitrogens is 3. The second kappa shape index (κ2) is 6.22. The Hall–Kier alpha value is -0.940. The van der Waals surface area contributed by atoms with Gasteiger partial charge in [0.05, 0.1) is 17.9 Å². The normalized spacial score (nSPS) is 28.8. The first-order valence-electron chi connectivity index (χ1n) is 7.76. The van der Waals surface area contributed by atoms with E-state index in [-0.39, 0.29) is 11.6 Å². The molecule has 0 amide bonds. The summed E-state index contributed by atoms with van der Waals surface area (Å²) in [6.07, 6.45) is 7.01. The maximum atomic E-state index is 4.13.